The molecule has 0 radical (unpaired) electrons. The van der Waals surface area contributed by atoms with Crippen molar-refractivity contribution < 1.29 is 25.9 Å². The maximum absolute atomic E-state index is 11.9. The summed E-state index contributed by atoms with van der Waals surface area (Å²) in [5, 5.41) is 15.8. The second kappa shape index (κ2) is 9.26. The number of hydrogen-bond acceptors (Lipinski definition) is 10. The van der Waals surface area contributed by atoms with Gasteiger partial charge in [0.05, 0.1) is 27.6 Å². The van der Waals surface area contributed by atoms with E-state index in [4.69, 9.17) is 11.5 Å². The topological polar surface area (TPSA) is 210 Å². The highest BCUT2D eigenvalue weighted by molar-refractivity contribution is 7.86. The molecule has 0 unspecified atom stereocenters. The van der Waals surface area contributed by atoms with E-state index in [0.717, 1.165) is 29.3 Å². The lowest BCUT2D eigenvalue weighted by atomic mass is 10.1. The van der Waals surface area contributed by atoms with E-state index in [1.54, 1.807) is 13.0 Å². The minimum absolute atomic E-state index is 0.0123. The van der Waals surface area contributed by atoms with Gasteiger partial charge in [0, 0.05) is 0 Å². The predicted octanol–water partition coefficient (Wildman–Crippen LogP) is 4.79. The van der Waals surface area contributed by atoms with Crippen molar-refractivity contribution in [3.8, 4) is 0 Å². The minimum Gasteiger partial charge on any atom is -0.396 e. The van der Waals surface area contributed by atoms with Gasteiger partial charge in [0.1, 0.15) is 16.3 Å². The number of azo groups is 2. The van der Waals surface area contributed by atoms with Crippen molar-refractivity contribution >= 4 is 54.4 Å². The first kappa shape index (κ1) is 24.9. The van der Waals surface area contributed by atoms with Crippen molar-refractivity contribution in [2.24, 2.45) is 20.5 Å². The van der Waals surface area contributed by atoms with Crippen LogP contribution in [0.5, 0.6) is 0 Å². The zero-order valence-corrected chi connectivity index (χ0v) is 19.5. The third-order valence-electron chi connectivity index (χ3n) is 4.61. The molecule has 0 amide bonds. The summed E-state index contributed by atoms with van der Waals surface area (Å²) in [6, 6.07) is 11.2. The fourth-order valence-corrected chi connectivity index (χ4v) is 3.97. The molecule has 0 heterocycles. The Balaban J connectivity index is 2.15. The van der Waals surface area contributed by atoms with Gasteiger partial charge < -0.3 is 11.5 Å². The number of benzene rings is 3. The van der Waals surface area contributed by atoms with Gasteiger partial charge in [-0.05, 0) is 55.3 Å². The van der Waals surface area contributed by atoms with Crippen LogP contribution in [-0.2, 0) is 20.2 Å². The van der Waals surface area contributed by atoms with Crippen molar-refractivity contribution in [3.05, 3.63) is 59.7 Å². The first-order valence-corrected chi connectivity index (χ1v) is 12.3. The Kier molecular flexibility index (Phi) is 6.79. The molecule has 0 saturated carbocycles. The lowest BCUT2D eigenvalue weighted by Gasteiger charge is -2.10. The molecule has 0 aliphatic carbocycles. The van der Waals surface area contributed by atoms with Crippen molar-refractivity contribution in [2.75, 3.05) is 11.5 Å². The number of rotatable bonds is 6. The first-order valence-electron chi connectivity index (χ1n) is 9.45. The second-order valence-electron chi connectivity index (χ2n) is 7.21. The molecule has 34 heavy (non-hydrogen) atoms. The molecule has 3 aromatic carbocycles. The highest BCUT2D eigenvalue weighted by Gasteiger charge is 2.22. The summed E-state index contributed by atoms with van der Waals surface area (Å²) in [6.45, 7) is 3.66. The van der Waals surface area contributed by atoms with Gasteiger partial charge >= 0.3 is 0 Å². The molecule has 3 aromatic rings. The van der Waals surface area contributed by atoms with Crippen LogP contribution in [0.4, 0.5) is 34.1 Å². The zero-order valence-electron chi connectivity index (χ0n) is 17.9. The molecule has 3 rings (SSSR count). The van der Waals surface area contributed by atoms with Gasteiger partial charge in [0.2, 0.25) is 0 Å². The summed E-state index contributed by atoms with van der Waals surface area (Å²) >= 11 is 0. The third kappa shape index (κ3) is 5.60. The molecule has 0 saturated heterocycles. The molecule has 12 nitrogen and oxygen atoms in total. The van der Waals surface area contributed by atoms with Crippen LogP contribution in [0, 0.1) is 13.8 Å². The molecular weight excluding hydrogens is 484 g/mol. The molecule has 178 valence electrons. The minimum atomic E-state index is -4.80. The van der Waals surface area contributed by atoms with Crippen LogP contribution in [0.1, 0.15) is 11.1 Å². The van der Waals surface area contributed by atoms with E-state index in [1.165, 1.54) is 12.1 Å². The second-order valence-corrected chi connectivity index (χ2v) is 10.0. The van der Waals surface area contributed by atoms with Crippen LogP contribution < -0.4 is 11.5 Å². The van der Waals surface area contributed by atoms with Gasteiger partial charge in [-0.3, -0.25) is 9.11 Å². The molecule has 14 heteroatoms. The Morgan fingerprint density at radius 3 is 2.06 bits per heavy atom. The van der Waals surface area contributed by atoms with Gasteiger partial charge in [-0.25, -0.2) is 0 Å². The maximum atomic E-state index is 11.9. The first-order chi connectivity index (χ1) is 15.8. The fraction of sp³-hybridized carbons (Fsp3) is 0.100. The lowest BCUT2D eigenvalue weighted by Crippen LogP contribution is -2.05. The van der Waals surface area contributed by atoms with E-state index in [2.05, 4.69) is 20.5 Å². The smallest absolute Gasteiger partial charge is 0.296 e. The molecule has 0 aromatic heterocycles. The average Bonchev–Trinajstić information content (AvgIpc) is 2.74. The Hall–Kier alpha value is -3.72. The van der Waals surface area contributed by atoms with Crippen LogP contribution in [0.25, 0.3) is 0 Å². The molecule has 0 atom stereocenters. The summed E-state index contributed by atoms with van der Waals surface area (Å²) in [7, 11) is -9.28. The number of nitrogens with two attached hydrogens (primary N) is 2. The van der Waals surface area contributed by atoms with Crippen molar-refractivity contribution in [1.82, 2.24) is 0 Å². The van der Waals surface area contributed by atoms with E-state index in [-0.39, 0.29) is 22.7 Å². The van der Waals surface area contributed by atoms with E-state index in [1.807, 2.05) is 19.1 Å². The monoisotopic (exact) mass is 504 g/mol. The number of anilines is 2. The van der Waals surface area contributed by atoms with Crippen LogP contribution in [-0.4, -0.2) is 25.9 Å². The van der Waals surface area contributed by atoms with E-state index >= 15 is 0 Å². The van der Waals surface area contributed by atoms with Gasteiger partial charge in [0.15, 0.2) is 0 Å². The molecule has 0 spiro atoms. The Bertz CT molecular complexity index is 1550. The fourth-order valence-electron chi connectivity index (χ4n) is 2.82. The van der Waals surface area contributed by atoms with Crippen molar-refractivity contribution in [3.63, 3.8) is 0 Å². The molecule has 0 fully saturated rings. The summed E-state index contributed by atoms with van der Waals surface area (Å²) in [4.78, 5) is -1.13. The van der Waals surface area contributed by atoms with Crippen LogP contribution >= 0.6 is 0 Å². The Morgan fingerprint density at radius 2 is 1.41 bits per heavy atom. The maximum Gasteiger partial charge on any atom is 0.296 e. The summed E-state index contributed by atoms with van der Waals surface area (Å²) < 4.78 is 65.1. The van der Waals surface area contributed by atoms with Gasteiger partial charge in [-0.2, -0.15) is 27.1 Å². The third-order valence-corrected chi connectivity index (χ3v) is 6.35. The standard InChI is InChI=1S/C20H20N6O6S2/c1-11-6-7-12(2)15(8-11)24-26-20-18(21)16(10-17(19(20)22)34(30,31)32)25-23-13-4-3-5-14(9-13)33(27,28)29/h3-10H,21-22H2,1-2H3,(H,27,28,29)(H,30,31,32). The molecular formula is C20H20N6O6S2. The highest BCUT2D eigenvalue weighted by Crippen LogP contribution is 2.43. The van der Waals surface area contributed by atoms with Crippen LogP contribution in [0.3, 0.4) is 0 Å². The normalized spacial score (nSPS) is 12.6. The zero-order chi connectivity index (χ0) is 25.3. The molecule has 0 aliphatic rings. The van der Waals surface area contributed by atoms with Gasteiger partial charge in [-0.15, -0.1) is 10.2 Å². The SMILES string of the molecule is Cc1ccc(C)c(N=Nc2c(N)c(N=Nc3cccc(S(=O)(=O)O)c3)cc(S(=O)(=O)O)c2N)c1. The number of aryl methyl sites for hydroxylation is 2. The molecule has 0 bridgehead atoms. The van der Waals surface area contributed by atoms with Crippen LogP contribution in [0.15, 0.2) is 78.8 Å². The molecule has 0 aliphatic heterocycles. The van der Waals surface area contributed by atoms with Crippen molar-refractivity contribution in [1.29, 1.82) is 0 Å². The summed E-state index contributed by atoms with van der Waals surface area (Å²) in [5.41, 5.74) is 13.1. The highest BCUT2D eigenvalue weighted by atomic mass is 32.2. The summed E-state index contributed by atoms with van der Waals surface area (Å²) in [5.74, 6) is 0. The predicted molar refractivity (Wildman–Crippen MR) is 126 cm³/mol. The number of nitrogens with zero attached hydrogens (tertiary/aromatic N) is 4. The largest absolute Gasteiger partial charge is 0.396 e. The van der Waals surface area contributed by atoms with Crippen molar-refractivity contribution in [2.45, 2.75) is 23.6 Å². The van der Waals surface area contributed by atoms with Gasteiger partial charge in [-0.1, -0.05) is 18.2 Å². The van der Waals surface area contributed by atoms with Gasteiger partial charge in [0.25, 0.3) is 20.2 Å². The average molecular weight is 505 g/mol. The number of hydrogen-bond donors (Lipinski definition) is 4. The number of nitrogen functional groups attached to an aromatic ring is 2. The van der Waals surface area contributed by atoms with E-state index in [0.29, 0.717) is 5.69 Å². The van der Waals surface area contributed by atoms with E-state index < -0.39 is 35.7 Å². The Labute approximate surface area is 195 Å². The molecule has 6 N–H and O–H groups in total. The summed E-state index contributed by atoms with van der Waals surface area (Å²) in [6.07, 6.45) is 0. The quantitative estimate of drug-likeness (QED) is 0.207. The lowest BCUT2D eigenvalue weighted by molar-refractivity contribution is 0.481. The van der Waals surface area contributed by atoms with E-state index in [9.17, 15) is 25.9 Å². The Morgan fingerprint density at radius 1 is 0.735 bits per heavy atom. The van der Waals surface area contributed by atoms with Crippen LogP contribution in [0.2, 0.25) is 0 Å².